The molecule has 3 fully saturated rings. The van der Waals surface area contributed by atoms with Crippen LogP contribution in [0.5, 0.6) is 0 Å². The fourth-order valence-electron chi connectivity index (χ4n) is 8.13. The van der Waals surface area contributed by atoms with Gasteiger partial charge in [0.2, 0.25) is 0 Å². The van der Waals surface area contributed by atoms with E-state index in [2.05, 4.69) is 19.9 Å². The van der Waals surface area contributed by atoms with Crippen LogP contribution in [0.3, 0.4) is 0 Å². The molecule has 0 radical (unpaired) electrons. The Balaban J connectivity index is 1.52. The molecule has 0 unspecified atom stereocenters. The van der Waals surface area contributed by atoms with Crippen LogP contribution in [0.15, 0.2) is 11.6 Å². The lowest BCUT2D eigenvalue weighted by Gasteiger charge is -2.59. The van der Waals surface area contributed by atoms with Crippen molar-refractivity contribution in [1.29, 1.82) is 0 Å². The third-order valence-electron chi connectivity index (χ3n) is 10.1. The van der Waals surface area contributed by atoms with Crippen LogP contribution in [0.25, 0.3) is 0 Å². The van der Waals surface area contributed by atoms with Gasteiger partial charge in [0.1, 0.15) is 0 Å². The maximum absolute atomic E-state index is 13.5. The van der Waals surface area contributed by atoms with Crippen molar-refractivity contribution in [2.45, 2.75) is 109 Å². The third kappa shape index (κ3) is 3.46. The lowest BCUT2D eigenvalue weighted by molar-refractivity contribution is -0.271. The van der Waals surface area contributed by atoms with Gasteiger partial charge in [-0.25, -0.2) is 0 Å². The summed E-state index contributed by atoms with van der Waals surface area (Å²) in [6.07, 6.45) is 6.12. The van der Waals surface area contributed by atoms with E-state index >= 15 is 0 Å². The Hall–Kier alpha value is -0.550. The molecule has 3 saturated carbocycles. The molecule has 4 rings (SSSR count). The minimum Gasteiger partial charge on any atom is -0.393 e. The molecule has 0 aromatic heterocycles. The molecule has 2 N–H and O–H groups in total. The molecule has 8 atom stereocenters. The van der Waals surface area contributed by atoms with E-state index in [1.807, 2.05) is 6.92 Å². The molecule has 0 saturated heterocycles. The van der Waals surface area contributed by atoms with Gasteiger partial charge in [0.05, 0.1) is 6.10 Å². The van der Waals surface area contributed by atoms with Gasteiger partial charge in [-0.05, 0) is 99.2 Å². The minimum atomic E-state index is -4.55. The van der Waals surface area contributed by atoms with Crippen LogP contribution in [-0.2, 0) is 0 Å². The average Bonchev–Trinajstić information content (AvgIpc) is 2.98. The van der Waals surface area contributed by atoms with Crippen molar-refractivity contribution in [1.82, 2.24) is 0 Å². The van der Waals surface area contributed by atoms with Crippen LogP contribution >= 0.6 is 0 Å². The van der Waals surface area contributed by atoms with E-state index in [0.29, 0.717) is 35.5 Å². The smallest absolute Gasteiger partial charge is 0.393 e. The molecule has 0 amide bonds. The highest BCUT2D eigenvalue weighted by molar-refractivity contribution is 5.27. The second-order valence-corrected chi connectivity index (χ2v) is 11.6. The summed E-state index contributed by atoms with van der Waals surface area (Å²) in [4.78, 5) is 0. The number of alkyl halides is 3. The molecular weight excluding hydrogens is 389 g/mol. The number of allylic oxidation sites excluding steroid dienone is 1. The third-order valence-corrected chi connectivity index (χ3v) is 10.1. The summed E-state index contributed by atoms with van der Waals surface area (Å²) in [5.41, 5.74) is -1.53. The van der Waals surface area contributed by atoms with E-state index in [0.717, 1.165) is 31.3 Å². The fraction of sp³-hybridized carbons (Fsp3) is 0.920. The van der Waals surface area contributed by atoms with Crippen molar-refractivity contribution in [3.8, 4) is 0 Å². The van der Waals surface area contributed by atoms with Crippen molar-refractivity contribution in [3.63, 3.8) is 0 Å². The molecule has 4 aliphatic rings. The summed E-state index contributed by atoms with van der Waals surface area (Å²) in [6, 6.07) is 0. The molecule has 2 nitrogen and oxygen atoms in total. The molecule has 0 aromatic carbocycles. The van der Waals surface area contributed by atoms with Crippen LogP contribution in [0.2, 0.25) is 0 Å². The van der Waals surface area contributed by atoms with Crippen LogP contribution in [0, 0.1) is 34.5 Å². The van der Waals surface area contributed by atoms with E-state index < -0.39 is 11.8 Å². The monoisotopic (exact) mass is 428 g/mol. The normalized spacial score (nSPS) is 47.1. The number of halogens is 3. The predicted octanol–water partition coefficient (Wildman–Crippen LogP) is 6.41. The summed E-state index contributed by atoms with van der Waals surface area (Å²) in [5, 5.41) is 19.9. The molecule has 5 heteroatoms. The van der Waals surface area contributed by atoms with Gasteiger partial charge in [0.15, 0.2) is 5.60 Å². The Labute approximate surface area is 179 Å². The number of aliphatic hydroxyl groups excluding tert-OH is 1. The van der Waals surface area contributed by atoms with E-state index in [4.69, 9.17) is 0 Å². The topological polar surface area (TPSA) is 40.5 Å². The zero-order valence-electron chi connectivity index (χ0n) is 18.8. The first kappa shape index (κ1) is 22.6. The molecule has 0 aliphatic heterocycles. The first-order valence-corrected chi connectivity index (χ1v) is 12.1. The number of aliphatic hydroxyl groups is 2. The van der Waals surface area contributed by atoms with Crippen molar-refractivity contribution in [3.05, 3.63) is 11.6 Å². The number of hydrogen-bond donors (Lipinski definition) is 2. The van der Waals surface area contributed by atoms with Crippen LogP contribution in [0.1, 0.15) is 91.4 Å². The van der Waals surface area contributed by atoms with E-state index in [-0.39, 0.29) is 24.4 Å². The van der Waals surface area contributed by atoms with E-state index in [1.165, 1.54) is 25.7 Å². The lowest BCUT2D eigenvalue weighted by Crippen LogP contribution is -2.55. The molecule has 172 valence electrons. The largest absolute Gasteiger partial charge is 0.417 e. The van der Waals surface area contributed by atoms with Crippen LogP contribution < -0.4 is 0 Å². The summed E-state index contributed by atoms with van der Waals surface area (Å²) >= 11 is 0. The Kier molecular flexibility index (Phi) is 5.66. The van der Waals surface area contributed by atoms with Gasteiger partial charge in [-0.15, -0.1) is 0 Å². The second kappa shape index (κ2) is 7.50. The Bertz CT molecular complexity index is 686. The predicted molar refractivity (Wildman–Crippen MR) is 112 cm³/mol. The molecule has 0 heterocycles. The maximum Gasteiger partial charge on any atom is 0.417 e. The Morgan fingerprint density at radius 2 is 1.83 bits per heavy atom. The summed E-state index contributed by atoms with van der Waals surface area (Å²) in [6.45, 7) is 6.52. The van der Waals surface area contributed by atoms with Gasteiger partial charge < -0.3 is 10.2 Å². The molecular formula is C25H39F3O2. The quantitative estimate of drug-likeness (QED) is 0.508. The summed E-state index contributed by atoms with van der Waals surface area (Å²) in [5.74, 6) is 2.38. The molecule has 0 aromatic rings. The fourth-order valence-corrected chi connectivity index (χ4v) is 8.13. The zero-order chi connectivity index (χ0) is 21.9. The lowest BCUT2D eigenvalue weighted by atomic mass is 9.46. The van der Waals surface area contributed by atoms with Crippen molar-refractivity contribution in [2.24, 2.45) is 34.5 Å². The Morgan fingerprint density at radius 3 is 2.50 bits per heavy atom. The molecule has 0 spiro atoms. The molecule has 0 bridgehead atoms. The van der Waals surface area contributed by atoms with Crippen molar-refractivity contribution < 1.29 is 23.4 Å². The highest BCUT2D eigenvalue weighted by Gasteiger charge is 2.63. The zero-order valence-corrected chi connectivity index (χ0v) is 18.8. The van der Waals surface area contributed by atoms with Gasteiger partial charge in [0.25, 0.3) is 0 Å². The van der Waals surface area contributed by atoms with E-state index in [1.54, 1.807) is 0 Å². The van der Waals surface area contributed by atoms with Crippen LogP contribution in [-0.4, -0.2) is 28.1 Å². The Morgan fingerprint density at radius 1 is 1.10 bits per heavy atom. The first-order valence-electron chi connectivity index (χ1n) is 12.1. The SMILES string of the molecule is C[C@@H](O)CCC[C@H]1CC[C@H]2[C@@H]3CC=C4C[C@](O)(C(F)(F)F)CC[C@]4(C)[C@H]3CC[C@]12C. The highest BCUT2D eigenvalue weighted by atomic mass is 19.4. The van der Waals surface area contributed by atoms with Gasteiger partial charge >= 0.3 is 6.18 Å². The van der Waals surface area contributed by atoms with Crippen LogP contribution in [0.4, 0.5) is 13.2 Å². The minimum absolute atomic E-state index is 0.169. The highest BCUT2D eigenvalue weighted by Crippen LogP contribution is 2.67. The standard InChI is InChI=1S/C25H39F3O2/c1-16(29)5-4-6-17-8-10-20-19-9-7-18-15-24(30,25(26,27)28)14-13-23(18,3)21(19)11-12-22(17,20)2/h7,16-17,19-21,29-30H,4-6,8-15H2,1-3H3/t16-,17+,19+,20+,21+,22-,23+,24+/m1/s1. The van der Waals surface area contributed by atoms with Crippen molar-refractivity contribution in [2.75, 3.05) is 0 Å². The van der Waals surface area contributed by atoms with E-state index in [9.17, 15) is 23.4 Å². The summed E-state index contributed by atoms with van der Waals surface area (Å²) < 4.78 is 40.4. The molecule has 30 heavy (non-hydrogen) atoms. The maximum atomic E-state index is 13.5. The number of rotatable bonds is 4. The van der Waals surface area contributed by atoms with Gasteiger partial charge in [-0.1, -0.05) is 31.9 Å². The van der Waals surface area contributed by atoms with Gasteiger partial charge in [-0.2, -0.15) is 13.2 Å². The number of hydrogen-bond acceptors (Lipinski definition) is 2. The second-order valence-electron chi connectivity index (χ2n) is 11.6. The van der Waals surface area contributed by atoms with Gasteiger partial charge in [0, 0.05) is 6.42 Å². The average molecular weight is 429 g/mol. The number of fused-ring (bicyclic) bond motifs is 5. The molecule has 4 aliphatic carbocycles. The first-order chi connectivity index (χ1) is 13.9. The summed E-state index contributed by atoms with van der Waals surface area (Å²) in [7, 11) is 0. The van der Waals surface area contributed by atoms with Gasteiger partial charge in [-0.3, -0.25) is 0 Å². The van der Waals surface area contributed by atoms with Crippen molar-refractivity contribution >= 4 is 0 Å².